The van der Waals surface area contributed by atoms with Crippen molar-refractivity contribution in [1.82, 2.24) is 10.3 Å². The van der Waals surface area contributed by atoms with Crippen molar-refractivity contribution in [3.8, 4) is 11.1 Å². The van der Waals surface area contributed by atoms with E-state index in [1.807, 2.05) is 42.5 Å². The molecule has 30 heavy (non-hydrogen) atoms. The number of fused-ring (bicyclic) bond motifs is 1. The van der Waals surface area contributed by atoms with Crippen LogP contribution in [0, 0.1) is 0 Å². The summed E-state index contributed by atoms with van der Waals surface area (Å²) < 4.78 is 28.7. The molecule has 1 atom stereocenters. The molecule has 3 aromatic rings. The summed E-state index contributed by atoms with van der Waals surface area (Å²) in [6.45, 7) is 5.59. The van der Waals surface area contributed by atoms with Gasteiger partial charge in [-0.25, -0.2) is 9.00 Å². The summed E-state index contributed by atoms with van der Waals surface area (Å²) in [4.78, 5) is 16.1. The molecule has 0 aliphatic carbocycles. The van der Waals surface area contributed by atoms with Gasteiger partial charge in [0, 0.05) is 29.7 Å². The maximum atomic E-state index is 12.2. The number of carbonyl (C=O) groups is 1. The zero-order valence-corrected chi connectivity index (χ0v) is 18.0. The van der Waals surface area contributed by atoms with Crippen molar-refractivity contribution in [3.63, 3.8) is 0 Å². The van der Waals surface area contributed by atoms with Crippen molar-refractivity contribution >= 4 is 33.8 Å². The highest BCUT2D eigenvalue weighted by Crippen LogP contribution is 2.33. The Balaban J connectivity index is 1.91. The Labute approximate surface area is 178 Å². The van der Waals surface area contributed by atoms with Crippen LogP contribution in [0.25, 0.3) is 21.9 Å². The van der Waals surface area contributed by atoms with Crippen LogP contribution in [0.1, 0.15) is 20.8 Å². The van der Waals surface area contributed by atoms with Gasteiger partial charge in [0.2, 0.25) is 0 Å². The molecule has 2 aromatic carbocycles. The van der Waals surface area contributed by atoms with Crippen LogP contribution >= 0.6 is 0 Å². The molecule has 0 aliphatic heterocycles. The normalized spacial score (nSPS) is 12.4. The van der Waals surface area contributed by atoms with Gasteiger partial charge < -0.3 is 10.1 Å². The standard InChI is InChI=1S/C22H25N3O4S/c1-22(2,3)29-21(26)24-11-12-25(30(27)28)20-14-17(16-7-5-4-6-8-16)13-18-15-23-10-9-19(18)20/h4-10,13-15H,11-12H2,1-3H3,(H,24,26)(H,27,28). The van der Waals surface area contributed by atoms with E-state index >= 15 is 0 Å². The number of benzene rings is 2. The summed E-state index contributed by atoms with van der Waals surface area (Å²) in [5.41, 5.74) is 1.86. The highest BCUT2D eigenvalue weighted by Gasteiger charge is 2.19. The van der Waals surface area contributed by atoms with Gasteiger partial charge in [0.05, 0.1) is 12.2 Å². The number of amides is 1. The van der Waals surface area contributed by atoms with Gasteiger partial charge in [0.25, 0.3) is 11.3 Å². The number of ether oxygens (including phenoxy) is 1. The quantitative estimate of drug-likeness (QED) is 0.570. The minimum Gasteiger partial charge on any atom is -0.444 e. The number of anilines is 1. The zero-order valence-electron chi connectivity index (χ0n) is 17.2. The summed E-state index contributed by atoms with van der Waals surface area (Å²) in [5, 5.41) is 4.27. The molecule has 0 saturated heterocycles. The van der Waals surface area contributed by atoms with Crippen LogP contribution in [0.4, 0.5) is 10.5 Å². The van der Waals surface area contributed by atoms with Crippen molar-refractivity contribution in [3.05, 3.63) is 60.9 Å². The third-order valence-corrected chi connectivity index (χ3v) is 5.03. The topological polar surface area (TPSA) is 91.8 Å². The van der Waals surface area contributed by atoms with Gasteiger partial charge in [0.15, 0.2) is 0 Å². The summed E-state index contributed by atoms with van der Waals surface area (Å²) >= 11 is -2.29. The SMILES string of the molecule is CC(C)(C)OC(=O)NCCN(c1cc(-c2ccccc2)cc2cnccc12)S(=O)O. The number of rotatable bonds is 6. The second-order valence-corrected chi connectivity index (χ2v) is 8.62. The number of pyridine rings is 1. The smallest absolute Gasteiger partial charge is 0.407 e. The first-order valence-electron chi connectivity index (χ1n) is 9.53. The molecule has 0 fully saturated rings. The van der Waals surface area contributed by atoms with Crippen molar-refractivity contribution in [2.24, 2.45) is 0 Å². The van der Waals surface area contributed by atoms with Gasteiger partial charge >= 0.3 is 6.09 Å². The lowest BCUT2D eigenvalue weighted by atomic mass is 10.0. The molecule has 0 radical (unpaired) electrons. The molecule has 1 aromatic heterocycles. The third kappa shape index (κ3) is 5.55. The van der Waals surface area contributed by atoms with E-state index in [2.05, 4.69) is 10.3 Å². The van der Waals surface area contributed by atoms with Crippen LogP contribution in [-0.2, 0) is 16.0 Å². The summed E-state index contributed by atoms with van der Waals surface area (Å²) in [6.07, 6.45) is 2.80. The lowest BCUT2D eigenvalue weighted by Gasteiger charge is -2.24. The Hall–Kier alpha value is -2.97. The molecule has 3 rings (SSSR count). The minimum absolute atomic E-state index is 0.123. The van der Waals surface area contributed by atoms with Gasteiger partial charge in [0.1, 0.15) is 5.60 Å². The molecule has 0 saturated carbocycles. The minimum atomic E-state index is -2.29. The molecule has 0 bridgehead atoms. The van der Waals surface area contributed by atoms with E-state index in [0.29, 0.717) is 5.69 Å². The first-order valence-corrected chi connectivity index (χ1v) is 10.6. The second kappa shape index (κ2) is 9.23. The van der Waals surface area contributed by atoms with E-state index in [1.54, 1.807) is 39.2 Å². The monoisotopic (exact) mass is 427 g/mol. The number of carbonyl (C=O) groups excluding carboxylic acids is 1. The molecule has 1 heterocycles. The Morgan fingerprint density at radius 2 is 1.90 bits per heavy atom. The number of hydrogen-bond acceptors (Lipinski definition) is 4. The molecule has 0 spiro atoms. The Bertz CT molecular complexity index is 1050. The number of nitrogens with zero attached hydrogens (tertiary/aromatic N) is 2. The highest BCUT2D eigenvalue weighted by atomic mass is 32.2. The van der Waals surface area contributed by atoms with Crippen LogP contribution in [0.5, 0.6) is 0 Å². The lowest BCUT2D eigenvalue weighted by molar-refractivity contribution is 0.0529. The summed E-state index contributed by atoms with van der Waals surface area (Å²) in [6, 6.07) is 15.4. The highest BCUT2D eigenvalue weighted by molar-refractivity contribution is 7.80. The van der Waals surface area contributed by atoms with E-state index in [0.717, 1.165) is 21.9 Å². The zero-order chi connectivity index (χ0) is 21.7. The van der Waals surface area contributed by atoms with Crippen molar-refractivity contribution in [1.29, 1.82) is 0 Å². The molecule has 2 N–H and O–H groups in total. The number of aromatic nitrogens is 1. The largest absolute Gasteiger partial charge is 0.444 e. The average molecular weight is 428 g/mol. The van der Waals surface area contributed by atoms with E-state index in [9.17, 15) is 13.6 Å². The third-order valence-electron chi connectivity index (χ3n) is 4.28. The Morgan fingerprint density at radius 1 is 1.17 bits per heavy atom. The van der Waals surface area contributed by atoms with Gasteiger partial charge in [-0.05, 0) is 50.1 Å². The van der Waals surface area contributed by atoms with E-state index < -0.39 is 23.0 Å². The first-order chi connectivity index (χ1) is 14.2. The van der Waals surface area contributed by atoms with Crippen molar-refractivity contribution in [2.45, 2.75) is 26.4 Å². The lowest BCUT2D eigenvalue weighted by Crippen LogP contribution is -2.38. The molecular formula is C22H25N3O4S. The molecule has 158 valence electrons. The van der Waals surface area contributed by atoms with Crippen LogP contribution in [0.15, 0.2) is 60.9 Å². The predicted molar refractivity (Wildman–Crippen MR) is 120 cm³/mol. The number of hydrogen-bond donors (Lipinski definition) is 2. The second-order valence-electron chi connectivity index (χ2n) is 7.72. The number of nitrogens with one attached hydrogen (secondary N) is 1. The maximum absolute atomic E-state index is 12.2. The van der Waals surface area contributed by atoms with E-state index in [4.69, 9.17) is 4.74 Å². The Kier molecular flexibility index (Phi) is 6.69. The average Bonchev–Trinajstić information content (AvgIpc) is 2.69. The first kappa shape index (κ1) is 21.7. The predicted octanol–water partition coefficient (Wildman–Crippen LogP) is 4.37. The molecule has 8 heteroatoms. The van der Waals surface area contributed by atoms with E-state index in [-0.39, 0.29) is 13.1 Å². The molecule has 1 unspecified atom stereocenters. The molecule has 0 aliphatic rings. The van der Waals surface area contributed by atoms with E-state index in [1.165, 1.54) is 4.31 Å². The Morgan fingerprint density at radius 3 is 2.57 bits per heavy atom. The fourth-order valence-electron chi connectivity index (χ4n) is 3.05. The number of alkyl carbamates (subject to hydrolysis) is 1. The maximum Gasteiger partial charge on any atom is 0.407 e. The van der Waals surface area contributed by atoms with Crippen molar-refractivity contribution < 1.29 is 18.3 Å². The van der Waals surface area contributed by atoms with Gasteiger partial charge in [-0.2, -0.15) is 0 Å². The summed E-state index contributed by atoms with van der Waals surface area (Å²) in [5.74, 6) is 0. The van der Waals surface area contributed by atoms with Crippen LogP contribution in [-0.4, -0.2) is 38.5 Å². The van der Waals surface area contributed by atoms with Gasteiger partial charge in [-0.1, -0.05) is 30.3 Å². The van der Waals surface area contributed by atoms with Gasteiger partial charge in [-0.15, -0.1) is 0 Å². The molecule has 7 nitrogen and oxygen atoms in total. The van der Waals surface area contributed by atoms with Crippen molar-refractivity contribution in [2.75, 3.05) is 17.4 Å². The fraction of sp³-hybridized carbons (Fsp3) is 0.273. The molecule has 1 amide bonds. The van der Waals surface area contributed by atoms with Crippen LogP contribution < -0.4 is 9.62 Å². The van der Waals surface area contributed by atoms with Crippen LogP contribution in [0.3, 0.4) is 0 Å². The van der Waals surface area contributed by atoms with Gasteiger partial charge in [-0.3, -0.25) is 13.8 Å². The summed E-state index contributed by atoms with van der Waals surface area (Å²) in [7, 11) is 0. The fourth-order valence-corrected chi connectivity index (χ4v) is 3.62. The van der Waals surface area contributed by atoms with Crippen LogP contribution in [0.2, 0.25) is 0 Å². The molecular weight excluding hydrogens is 402 g/mol.